The van der Waals surface area contributed by atoms with Crippen LogP contribution in [0.1, 0.15) is 27.9 Å². The molecular weight excluding hydrogens is 445 g/mol. The van der Waals surface area contributed by atoms with E-state index in [0.29, 0.717) is 10.5 Å². The average Bonchev–Trinajstić information content (AvgIpc) is 2.60. The lowest BCUT2D eigenvalue weighted by Crippen LogP contribution is -2.43. The van der Waals surface area contributed by atoms with Crippen LogP contribution in [0.2, 0.25) is 0 Å². The van der Waals surface area contributed by atoms with Gasteiger partial charge in [0.1, 0.15) is 0 Å². The molecule has 28 heavy (non-hydrogen) atoms. The molecule has 0 heterocycles. The summed E-state index contributed by atoms with van der Waals surface area (Å²) in [6, 6.07) is 9.79. The third-order valence-corrected chi connectivity index (χ3v) is 4.91. The Balaban J connectivity index is 2.45. The minimum Gasteiger partial charge on any atom is -0.480 e. The maximum atomic E-state index is 12.9. The summed E-state index contributed by atoms with van der Waals surface area (Å²) in [7, 11) is 0. The number of carbonyl (C=O) groups excluding carboxylic acids is 1. The van der Waals surface area contributed by atoms with E-state index in [4.69, 9.17) is 0 Å². The van der Waals surface area contributed by atoms with Gasteiger partial charge in [0.05, 0.1) is 5.56 Å². The molecule has 0 radical (unpaired) electrons. The van der Waals surface area contributed by atoms with Crippen molar-refractivity contribution >= 4 is 33.7 Å². The number of halogens is 4. The first kappa shape index (κ1) is 21.6. The number of carboxylic acid groups (broad SMARTS) is 2. The molecule has 9 heteroatoms. The van der Waals surface area contributed by atoms with E-state index in [9.17, 15) is 37.8 Å². The Morgan fingerprint density at radius 1 is 0.929 bits per heavy atom. The average molecular weight is 459 g/mol. The van der Waals surface area contributed by atoms with Crippen molar-refractivity contribution in [1.29, 1.82) is 0 Å². The molecule has 0 bridgehead atoms. The van der Waals surface area contributed by atoms with Gasteiger partial charge in [-0.25, -0.2) is 0 Å². The minimum absolute atomic E-state index is 0.0819. The zero-order chi connectivity index (χ0) is 21.1. The van der Waals surface area contributed by atoms with Crippen molar-refractivity contribution in [2.75, 3.05) is 0 Å². The van der Waals surface area contributed by atoms with Crippen LogP contribution in [-0.4, -0.2) is 27.9 Å². The van der Waals surface area contributed by atoms with Gasteiger partial charge in [-0.3, -0.25) is 14.4 Å². The molecule has 2 N–H and O–H groups in total. The summed E-state index contributed by atoms with van der Waals surface area (Å²) < 4.78 is 39.1. The molecule has 0 spiro atoms. The molecule has 0 aliphatic carbocycles. The molecule has 2 aromatic rings. The first-order valence-electron chi connectivity index (χ1n) is 7.88. The van der Waals surface area contributed by atoms with Crippen molar-refractivity contribution in [3.05, 3.63) is 69.7 Å². The monoisotopic (exact) mass is 458 g/mol. The van der Waals surface area contributed by atoms with E-state index < -0.39 is 47.7 Å². The predicted octanol–water partition coefficient (Wildman–Crippen LogP) is 4.44. The van der Waals surface area contributed by atoms with Crippen molar-refractivity contribution in [2.24, 2.45) is 5.41 Å². The molecule has 0 fully saturated rings. The zero-order valence-corrected chi connectivity index (χ0v) is 15.8. The van der Waals surface area contributed by atoms with Crippen LogP contribution < -0.4 is 0 Å². The van der Waals surface area contributed by atoms with Gasteiger partial charge in [0.15, 0.2) is 11.2 Å². The third kappa shape index (κ3) is 4.59. The number of carbonyl (C=O) groups is 3. The van der Waals surface area contributed by atoms with E-state index in [1.54, 1.807) is 6.07 Å². The van der Waals surface area contributed by atoms with Gasteiger partial charge in [-0.05, 0) is 24.1 Å². The van der Waals surface area contributed by atoms with E-state index >= 15 is 0 Å². The summed E-state index contributed by atoms with van der Waals surface area (Å²) in [5, 5.41) is 19.2. The molecular formula is C19H14BrF3O5. The van der Waals surface area contributed by atoms with Crippen molar-refractivity contribution in [2.45, 2.75) is 19.0 Å². The van der Waals surface area contributed by atoms with Gasteiger partial charge in [0.25, 0.3) is 0 Å². The summed E-state index contributed by atoms with van der Waals surface area (Å²) >= 11 is 3.14. The number of hydrogen-bond donors (Lipinski definition) is 2. The molecule has 0 aromatic heterocycles. The number of hydrogen-bond acceptors (Lipinski definition) is 3. The van der Waals surface area contributed by atoms with Gasteiger partial charge in [-0.1, -0.05) is 52.3 Å². The Morgan fingerprint density at radius 2 is 1.54 bits per heavy atom. The highest BCUT2D eigenvalue weighted by molar-refractivity contribution is 9.10. The number of carboxylic acids is 2. The fourth-order valence-electron chi connectivity index (χ4n) is 2.72. The summed E-state index contributed by atoms with van der Waals surface area (Å²) in [4.78, 5) is 36.2. The van der Waals surface area contributed by atoms with Gasteiger partial charge in [0.2, 0.25) is 0 Å². The van der Waals surface area contributed by atoms with Gasteiger partial charge in [0, 0.05) is 16.5 Å². The highest BCUT2D eigenvalue weighted by Gasteiger charge is 2.48. The van der Waals surface area contributed by atoms with Crippen LogP contribution >= 0.6 is 15.9 Å². The summed E-state index contributed by atoms with van der Waals surface area (Å²) in [6.45, 7) is 0. The van der Waals surface area contributed by atoms with Crippen LogP contribution in [0.15, 0.2) is 53.0 Å². The number of rotatable bonds is 7. The lowest BCUT2D eigenvalue weighted by molar-refractivity contribution is -0.164. The summed E-state index contributed by atoms with van der Waals surface area (Å²) in [6.07, 6.45) is -6.37. The van der Waals surface area contributed by atoms with Crippen LogP contribution in [0.3, 0.4) is 0 Å². The number of aliphatic carboxylic acids is 2. The minimum atomic E-state index is -4.67. The zero-order valence-electron chi connectivity index (χ0n) is 14.2. The summed E-state index contributed by atoms with van der Waals surface area (Å²) in [5.74, 6) is -4.38. The van der Waals surface area contributed by atoms with Crippen LogP contribution in [0.5, 0.6) is 0 Å². The van der Waals surface area contributed by atoms with Crippen LogP contribution in [0.25, 0.3) is 0 Å². The standard InChI is InChI=1S/C19H14BrF3O5/c20-14-7-2-1-6-13(14)15(24)10-18(16(25)26,17(27)28)9-11-4-3-5-12(8-11)19(21,22)23/h1-8H,9-10H2,(H,25,26)(H,27,28). The number of alkyl halides is 3. The number of Topliss-reactive ketones (excluding diaryl/α,β-unsaturated/α-hetero) is 1. The van der Waals surface area contributed by atoms with E-state index in [0.717, 1.165) is 12.1 Å². The van der Waals surface area contributed by atoms with Crippen molar-refractivity contribution in [3.8, 4) is 0 Å². The molecule has 0 aliphatic rings. The van der Waals surface area contributed by atoms with E-state index in [1.165, 1.54) is 24.3 Å². The van der Waals surface area contributed by atoms with E-state index in [1.807, 2.05) is 0 Å². The van der Waals surface area contributed by atoms with Crippen LogP contribution in [0, 0.1) is 5.41 Å². The lowest BCUT2D eigenvalue weighted by atomic mass is 9.76. The Morgan fingerprint density at radius 3 is 2.07 bits per heavy atom. The Labute approximate surface area is 165 Å². The number of ketones is 1. The highest BCUT2D eigenvalue weighted by Crippen LogP contribution is 2.34. The van der Waals surface area contributed by atoms with E-state index in [2.05, 4.69) is 15.9 Å². The summed E-state index contributed by atoms with van der Waals surface area (Å²) in [5.41, 5.74) is -3.72. The third-order valence-electron chi connectivity index (χ3n) is 4.22. The molecule has 148 valence electrons. The van der Waals surface area contributed by atoms with Gasteiger partial charge >= 0.3 is 18.1 Å². The molecule has 5 nitrogen and oxygen atoms in total. The molecule has 2 rings (SSSR count). The normalized spacial score (nSPS) is 11.9. The molecule has 0 amide bonds. The van der Waals surface area contributed by atoms with Crippen molar-refractivity contribution in [1.82, 2.24) is 0 Å². The van der Waals surface area contributed by atoms with Crippen molar-refractivity contribution in [3.63, 3.8) is 0 Å². The molecule has 0 atom stereocenters. The smallest absolute Gasteiger partial charge is 0.416 e. The van der Waals surface area contributed by atoms with Crippen molar-refractivity contribution < 1.29 is 37.8 Å². The first-order valence-corrected chi connectivity index (χ1v) is 8.67. The first-order chi connectivity index (χ1) is 13.0. The largest absolute Gasteiger partial charge is 0.480 e. The Kier molecular flexibility index (Phi) is 6.28. The van der Waals surface area contributed by atoms with Gasteiger partial charge in [-0.2, -0.15) is 13.2 Å². The second-order valence-electron chi connectivity index (χ2n) is 6.15. The lowest BCUT2D eigenvalue weighted by Gasteiger charge is -2.25. The van der Waals surface area contributed by atoms with Crippen LogP contribution in [-0.2, 0) is 22.2 Å². The molecule has 0 saturated carbocycles. The second kappa shape index (κ2) is 8.14. The fourth-order valence-corrected chi connectivity index (χ4v) is 3.23. The highest BCUT2D eigenvalue weighted by atomic mass is 79.9. The number of benzene rings is 2. The second-order valence-corrected chi connectivity index (χ2v) is 7.00. The Bertz CT molecular complexity index is 910. The van der Waals surface area contributed by atoms with Crippen LogP contribution in [0.4, 0.5) is 13.2 Å². The maximum absolute atomic E-state index is 12.9. The van der Waals surface area contributed by atoms with Gasteiger partial charge in [-0.15, -0.1) is 0 Å². The quantitative estimate of drug-likeness (QED) is 0.472. The Hall–Kier alpha value is -2.68. The predicted molar refractivity (Wildman–Crippen MR) is 95.9 cm³/mol. The molecule has 0 saturated heterocycles. The molecule has 0 aliphatic heterocycles. The maximum Gasteiger partial charge on any atom is 0.416 e. The van der Waals surface area contributed by atoms with Gasteiger partial charge < -0.3 is 10.2 Å². The SMILES string of the molecule is O=C(CC(Cc1cccc(C(F)(F)F)c1)(C(=O)O)C(=O)O)c1ccccc1Br. The van der Waals surface area contributed by atoms with E-state index in [-0.39, 0.29) is 11.1 Å². The topological polar surface area (TPSA) is 91.7 Å². The molecule has 2 aromatic carbocycles. The fraction of sp³-hybridized carbons (Fsp3) is 0.211. The molecule has 0 unspecified atom stereocenters.